The molecule has 2 rings (SSSR count). The monoisotopic (exact) mass is 344 g/mol. The highest BCUT2D eigenvalue weighted by Crippen LogP contribution is 2.08. The fourth-order valence-electron chi connectivity index (χ4n) is 2.29. The third-order valence-corrected chi connectivity index (χ3v) is 3.66. The van der Waals surface area contributed by atoms with Gasteiger partial charge in [0, 0.05) is 13.6 Å². The average Bonchev–Trinajstić information content (AvgIpc) is 2.62. The number of carbonyl (C=O) groups excluding carboxylic acids is 2. The van der Waals surface area contributed by atoms with Crippen molar-refractivity contribution in [2.75, 3.05) is 7.05 Å². The van der Waals surface area contributed by atoms with Crippen LogP contribution < -0.4 is 5.73 Å². The number of halogens is 1. The number of nitrogens with zero attached hydrogens (tertiary/aromatic N) is 1. The lowest BCUT2D eigenvalue weighted by molar-refractivity contribution is -0.148. The summed E-state index contributed by atoms with van der Waals surface area (Å²) in [6, 6.07) is 14.1. The minimum absolute atomic E-state index is 0.145. The van der Waals surface area contributed by atoms with Crippen molar-refractivity contribution in [1.82, 2.24) is 4.90 Å². The van der Waals surface area contributed by atoms with E-state index < -0.39 is 12.0 Å². The molecular formula is C19H21FN2O3. The predicted molar refractivity (Wildman–Crippen MR) is 91.7 cm³/mol. The van der Waals surface area contributed by atoms with E-state index >= 15 is 0 Å². The summed E-state index contributed by atoms with van der Waals surface area (Å²) in [5.41, 5.74) is 7.45. The van der Waals surface area contributed by atoms with Gasteiger partial charge >= 0.3 is 5.97 Å². The number of benzene rings is 2. The van der Waals surface area contributed by atoms with E-state index in [0.29, 0.717) is 0 Å². The topological polar surface area (TPSA) is 72.6 Å². The Labute approximate surface area is 146 Å². The SMILES string of the molecule is CN(Cc1ccc(F)cc1)C(=O)[C@@H](N)CC(=O)OCc1ccccc1. The molecule has 25 heavy (non-hydrogen) atoms. The summed E-state index contributed by atoms with van der Waals surface area (Å²) in [7, 11) is 1.58. The molecule has 1 amide bonds. The molecule has 0 radical (unpaired) electrons. The highest BCUT2D eigenvalue weighted by molar-refractivity contribution is 5.86. The van der Waals surface area contributed by atoms with E-state index in [9.17, 15) is 14.0 Å². The zero-order valence-corrected chi connectivity index (χ0v) is 14.0. The van der Waals surface area contributed by atoms with E-state index in [-0.39, 0.29) is 31.3 Å². The van der Waals surface area contributed by atoms with Crippen LogP contribution in [0.1, 0.15) is 17.5 Å². The van der Waals surface area contributed by atoms with Crippen molar-refractivity contribution in [3.63, 3.8) is 0 Å². The Balaban J connectivity index is 1.80. The van der Waals surface area contributed by atoms with Crippen LogP contribution in [0.5, 0.6) is 0 Å². The molecule has 0 fully saturated rings. The first-order chi connectivity index (χ1) is 12.0. The molecule has 0 heterocycles. The van der Waals surface area contributed by atoms with Crippen molar-refractivity contribution in [2.45, 2.75) is 25.6 Å². The molecule has 6 heteroatoms. The third-order valence-electron chi connectivity index (χ3n) is 3.66. The molecule has 0 aliphatic rings. The highest BCUT2D eigenvalue weighted by atomic mass is 19.1. The first kappa shape index (κ1) is 18.6. The molecule has 132 valence electrons. The Morgan fingerprint density at radius 1 is 1.08 bits per heavy atom. The number of carbonyl (C=O) groups is 2. The van der Waals surface area contributed by atoms with Crippen LogP contribution in [0.15, 0.2) is 54.6 Å². The Bertz CT molecular complexity index is 704. The molecule has 0 aliphatic carbocycles. The molecule has 0 aliphatic heterocycles. The van der Waals surface area contributed by atoms with Crippen molar-refractivity contribution < 1.29 is 18.7 Å². The summed E-state index contributed by atoms with van der Waals surface area (Å²) in [6.07, 6.45) is -0.195. The van der Waals surface area contributed by atoms with E-state index in [1.165, 1.54) is 17.0 Å². The van der Waals surface area contributed by atoms with Gasteiger partial charge in [-0.1, -0.05) is 42.5 Å². The molecular weight excluding hydrogens is 323 g/mol. The van der Waals surface area contributed by atoms with Gasteiger partial charge in [0.25, 0.3) is 0 Å². The van der Waals surface area contributed by atoms with Gasteiger partial charge in [-0.3, -0.25) is 9.59 Å². The Morgan fingerprint density at radius 3 is 2.36 bits per heavy atom. The van der Waals surface area contributed by atoms with Crippen LogP contribution in [0.4, 0.5) is 4.39 Å². The highest BCUT2D eigenvalue weighted by Gasteiger charge is 2.22. The maximum atomic E-state index is 12.9. The predicted octanol–water partition coefficient (Wildman–Crippen LogP) is 2.24. The van der Waals surface area contributed by atoms with Gasteiger partial charge in [0.2, 0.25) is 5.91 Å². The second-order valence-electron chi connectivity index (χ2n) is 5.78. The van der Waals surface area contributed by atoms with Gasteiger partial charge in [0.15, 0.2) is 0 Å². The number of rotatable bonds is 7. The second kappa shape index (κ2) is 8.94. The van der Waals surface area contributed by atoms with Crippen LogP contribution in [0.3, 0.4) is 0 Å². The lowest BCUT2D eigenvalue weighted by Gasteiger charge is -2.21. The smallest absolute Gasteiger partial charge is 0.308 e. The van der Waals surface area contributed by atoms with Crippen LogP contribution >= 0.6 is 0 Å². The van der Waals surface area contributed by atoms with E-state index in [1.807, 2.05) is 30.3 Å². The number of hydrogen-bond acceptors (Lipinski definition) is 4. The van der Waals surface area contributed by atoms with Crippen LogP contribution in [-0.4, -0.2) is 29.9 Å². The number of amides is 1. The van der Waals surface area contributed by atoms with Crippen LogP contribution in [-0.2, 0) is 27.5 Å². The molecule has 0 saturated carbocycles. The third kappa shape index (κ3) is 6.00. The Hall–Kier alpha value is -2.73. The van der Waals surface area contributed by atoms with Crippen LogP contribution in [0.25, 0.3) is 0 Å². The summed E-state index contributed by atoms with van der Waals surface area (Å²) in [6.45, 7) is 0.428. The fourth-order valence-corrected chi connectivity index (χ4v) is 2.29. The standard InChI is InChI=1S/C19H21FN2O3/c1-22(12-14-7-9-16(20)10-8-14)19(24)17(21)11-18(23)25-13-15-5-3-2-4-6-15/h2-10,17H,11-13,21H2,1H3/t17-/m0/s1. The van der Waals surface area contributed by atoms with Gasteiger partial charge in [-0.05, 0) is 23.3 Å². The van der Waals surface area contributed by atoms with Gasteiger partial charge in [0.05, 0.1) is 12.5 Å². The molecule has 1 atom stereocenters. The Kier molecular flexibility index (Phi) is 6.65. The number of esters is 1. The minimum Gasteiger partial charge on any atom is -0.461 e. The van der Waals surface area contributed by atoms with Gasteiger partial charge in [0.1, 0.15) is 12.4 Å². The molecule has 5 nitrogen and oxygen atoms in total. The average molecular weight is 344 g/mol. The summed E-state index contributed by atoms with van der Waals surface area (Å²) < 4.78 is 18.0. The number of likely N-dealkylation sites (N-methyl/N-ethyl adjacent to an activating group) is 1. The van der Waals surface area contributed by atoms with Crippen molar-refractivity contribution in [3.05, 3.63) is 71.5 Å². The lowest BCUT2D eigenvalue weighted by Crippen LogP contribution is -2.42. The van der Waals surface area contributed by atoms with Gasteiger partial charge < -0.3 is 15.4 Å². The van der Waals surface area contributed by atoms with E-state index in [0.717, 1.165) is 11.1 Å². The van der Waals surface area contributed by atoms with E-state index in [2.05, 4.69) is 0 Å². The van der Waals surface area contributed by atoms with Crippen molar-refractivity contribution in [3.8, 4) is 0 Å². The Morgan fingerprint density at radius 2 is 1.72 bits per heavy atom. The first-order valence-electron chi connectivity index (χ1n) is 7.90. The zero-order chi connectivity index (χ0) is 18.2. The zero-order valence-electron chi connectivity index (χ0n) is 14.0. The molecule has 2 N–H and O–H groups in total. The second-order valence-corrected chi connectivity index (χ2v) is 5.78. The minimum atomic E-state index is -0.978. The molecule has 0 aromatic heterocycles. The molecule has 0 bridgehead atoms. The first-order valence-corrected chi connectivity index (χ1v) is 7.90. The number of nitrogens with two attached hydrogens (primary N) is 1. The summed E-state index contributed by atoms with van der Waals surface area (Å²) in [4.78, 5) is 25.5. The maximum absolute atomic E-state index is 12.9. The molecule has 0 unspecified atom stereocenters. The maximum Gasteiger partial charge on any atom is 0.308 e. The van der Waals surface area contributed by atoms with Gasteiger partial charge in [-0.15, -0.1) is 0 Å². The van der Waals surface area contributed by atoms with Crippen LogP contribution in [0, 0.1) is 5.82 Å². The van der Waals surface area contributed by atoms with E-state index in [1.54, 1.807) is 19.2 Å². The van der Waals surface area contributed by atoms with Gasteiger partial charge in [-0.2, -0.15) is 0 Å². The lowest BCUT2D eigenvalue weighted by atomic mass is 10.1. The van der Waals surface area contributed by atoms with Crippen molar-refractivity contribution in [2.24, 2.45) is 5.73 Å². The van der Waals surface area contributed by atoms with Crippen LogP contribution in [0.2, 0.25) is 0 Å². The summed E-state index contributed by atoms with van der Waals surface area (Å²) in [5, 5.41) is 0. The summed E-state index contributed by atoms with van der Waals surface area (Å²) >= 11 is 0. The molecule has 0 spiro atoms. The summed E-state index contributed by atoms with van der Waals surface area (Å²) in [5.74, 6) is -1.24. The molecule has 2 aromatic rings. The van der Waals surface area contributed by atoms with Gasteiger partial charge in [-0.25, -0.2) is 4.39 Å². The quantitative estimate of drug-likeness (QED) is 0.782. The largest absolute Gasteiger partial charge is 0.461 e. The normalized spacial score (nSPS) is 11.6. The van der Waals surface area contributed by atoms with Crippen molar-refractivity contribution >= 4 is 11.9 Å². The molecule has 0 saturated heterocycles. The fraction of sp³-hybridized carbons (Fsp3) is 0.263. The molecule has 2 aromatic carbocycles. The number of ether oxygens (including phenoxy) is 1. The van der Waals surface area contributed by atoms with Crippen molar-refractivity contribution in [1.29, 1.82) is 0 Å². The van der Waals surface area contributed by atoms with E-state index in [4.69, 9.17) is 10.5 Å². The number of hydrogen-bond donors (Lipinski definition) is 1.